The van der Waals surface area contributed by atoms with Crippen LogP contribution in [0.3, 0.4) is 0 Å². The Balaban J connectivity index is 2.43. The van der Waals surface area contributed by atoms with Gasteiger partial charge < -0.3 is 5.11 Å². The Morgan fingerprint density at radius 1 is 1.40 bits per heavy atom. The minimum atomic E-state index is -0.749. The number of hydrogen-bond donors (Lipinski definition) is 1. The Hall–Kier alpha value is -0.900. The quantitative estimate of drug-likeness (QED) is 0.760. The zero-order chi connectivity index (χ0) is 11.6. The Morgan fingerprint density at radius 3 is 2.40 bits per heavy atom. The van der Waals surface area contributed by atoms with Crippen LogP contribution in [0.2, 0.25) is 0 Å². The molecule has 15 heavy (non-hydrogen) atoms. The van der Waals surface area contributed by atoms with Crippen molar-refractivity contribution in [1.29, 1.82) is 0 Å². The summed E-state index contributed by atoms with van der Waals surface area (Å²) in [6.07, 6.45) is 0.659. The largest absolute Gasteiger partial charge is 0.481 e. The number of likely N-dealkylation sites (tertiary alicyclic amines) is 1. The summed E-state index contributed by atoms with van der Waals surface area (Å²) in [6.45, 7) is 7.28. The van der Waals surface area contributed by atoms with Crippen LogP contribution in [0.4, 0.5) is 0 Å². The Morgan fingerprint density at radius 2 is 2.00 bits per heavy atom. The number of carboxylic acid groups (broad SMARTS) is 1. The smallest absolute Gasteiger partial charge is 0.307 e. The number of hydrogen-bond acceptors (Lipinski definition) is 3. The molecule has 86 valence electrons. The van der Waals surface area contributed by atoms with Gasteiger partial charge in [-0.05, 0) is 13.0 Å². The van der Waals surface area contributed by atoms with Gasteiger partial charge >= 0.3 is 5.97 Å². The fourth-order valence-corrected chi connectivity index (χ4v) is 1.62. The normalized spacial score (nSPS) is 23.0. The second-order valence-corrected chi connectivity index (χ2v) is 5.23. The van der Waals surface area contributed by atoms with Crippen LogP contribution in [0.5, 0.6) is 0 Å². The van der Waals surface area contributed by atoms with Gasteiger partial charge in [0.1, 0.15) is 0 Å². The number of carboxylic acids is 1. The predicted molar refractivity (Wildman–Crippen MR) is 56.6 cm³/mol. The highest BCUT2D eigenvalue weighted by Gasteiger charge is 2.31. The Kier molecular flexibility index (Phi) is 3.50. The monoisotopic (exact) mass is 213 g/mol. The van der Waals surface area contributed by atoms with Gasteiger partial charge in [0, 0.05) is 12.0 Å². The van der Waals surface area contributed by atoms with E-state index in [0.29, 0.717) is 19.5 Å². The van der Waals surface area contributed by atoms with Crippen LogP contribution in [-0.2, 0) is 9.59 Å². The maximum Gasteiger partial charge on any atom is 0.307 e. The van der Waals surface area contributed by atoms with Crippen molar-refractivity contribution in [3.63, 3.8) is 0 Å². The highest BCUT2D eigenvalue weighted by atomic mass is 16.4. The first-order valence-corrected chi connectivity index (χ1v) is 5.29. The summed E-state index contributed by atoms with van der Waals surface area (Å²) in [7, 11) is 0. The molecule has 0 aliphatic carbocycles. The third-order valence-electron chi connectivity index (χ3n) is 2.83. The molecular weight excluding hydrogens is 194 g/mol. The predicted octanol–water partition coefficient (Wildman–Crippen LogP) is 1.01. The fraction of sp³-hybridized carbons (Fsp3) is 0.818. The van der Waals surface area contributed by atoms with Crippen LogP contribution in [0.1, 0.15) is 27.2 Å². The van der Waals surface area contributed by atoms with Crippen LogP contribution < -0.4 is 0 Å². The summed E-state index contributed by atoms with van der Waals surface area (Å²) in [5.74, 6) is -0.869. The lowest BCUT2D eigenvalue weighted by atomic mass is 9.90. The molecule has 0 aromatic rings. The van der Waals surface area contributed by atoms with Gasteiger partial charge in [0.15, 0.2) is 5.78 Å². The lowest BCUT2D eigenvalue weighted by Gasteiger charge is -2.21. The highest BCUT2D eigenvalue weighted by molar-refractivity contribution is 5.85. The van der Waals surface area contributed by atoms with Gasteiger partial charge in [0.05, 0.1) is 12.5 Å². The topological polar surface area (TPSA) is 57.6 Å². The first kappa shape index (κ1) is 12.2. The molecule has 4 nitrogen and oxygen atoms in total. The molecule has 0 aromatic heterocycles. The zero-order valence-corrected chi connectivity index (χ0v) is 9.62. The highest BCUT2D eigenvalue weighted by Crippen LogP contribution is 2.20. The van der Waals surface area contributed by atoms with E-state index in [9.17, 15) is 9.59 Å². The van der Waals surface area contributed by atoms with Crippen molar-refractivity contribution in [3.8, 4) is 0 Å². The van der Waals surface area contributed by atoms with Crippen molar-refractivity contribution in [1.82, 2.24) is 4.90 Å². The van der Waals surface area contributed by atoms with E-state index in [4.69, 9.17) is 5.11 Å². The second kappa shape index (κ2) is 4.31. The number of ketones is 1. The zero-order valence-electron chi connectivity index (χ0n) is 9.62. The lowest BCUT2D eigenvalue weighted by Crippen LogP contribution is -2.35. The van der Waals surface area contributed by atoms with Crippen molar-refractivity contribution in [3.05, 3.63) is 0 Å². The van der Waals surface area contributed by atoms with Crippen molar-refractivity contribution < 1.29 is 14.7 Å². The molecule has 0 saturated carbocycles. The molecule has 1 aliphatic heterocycles. The molecule has 0 aromatic carbocycles. The van der Waals surface area contributed by atoms with Crippen LogP contribution >= 0.6 is 0 Å². The second-order valence-electron chi connectivity index (χ2n) is 5.23. The van der Waals surface area contributed by atoms with Gasteiger partial charge in [-0.1, -0.05) is 20.8 Å². The number of aliphatic carboxylic acids is 1. The summed E-state index contributed by atoms with van der Waals surface area (Å²) in [6, 6.07) is 0. The Labute approximate surface area is 90.3 Å². The summed E-state index contributed by atoms with van der Waals surface area (Å²) < 4.78 is 0. The molecule has 1 fully saturated rings. The number of carbonyl (C=O) groups is 2. The molecule has 1 rings (SSSR count). The maximum absolute atomic E-state index is 11.7. The van der Waals surface area contributed by atoms with Gasteiger partial charge in [-0.2, -0.15) is 0 Å². The molecule has 1 unspecified atom stereocenters. The van der Waals surface area contributed by atoms with Gasteiger partial charge in [-0.15, -0.1) is 0 Å². The summed E-state index contributed by atoms with van der Waals surface area (Å²) in [5, 5.41) is 8.81. The van der Waals surface area contributed by atoms with E-state index in [-0.39, 0.29) is 17.1 Å². The van der Waals surface area contributed by atoms with Crippen molar-refractivity contribution in [2.75, 3.05) is 19.6 Å². The van der Waals surface area contributed by atoms with E-state index in [0.717, 1.165) is 6.54 Å². The standard InChI is InChI=1S/C11H19NO3/c1-11(2,3)9(13)7-12-5-4-8(6-12)10(14)15/h8H,4-7H2,1-3H3,(H,14,15). The first-order chi connectivity index (χ1) is 6.80. The minimum absolute atomic E-state index is 0.175. The first-order valence-electron chi connectivity index (χ1n) is 5.29. The molecule has 4 heteroatoms. The Bertz CT molecular complexity index is 267. The summed E-state index contributed by atoms with van der Waals surface area (Å²) in [5.41, 5.74) is -0.332. The average Bonchev–Trinajstić information content (AvgIpc) is 2.50. The van der Waals surface area contributed by atoms with Crippen LogP contribution in [0.15, 0.2) is 0 Å². The van der Waals surface area contributed by atoms with Crippen molar-refractivity contribution in [2.24, 2.45) is 11.3 Å². The molecule has 1 heterocycles. The van der Waals surface area contributed by atoms with Crippen molar-refractivity contribution in [2.45, 2.75) is 27.2 Å². The van der Waals surface area contributed by atoms with Crippen LogP contribution in [-0.4, -0.2) is 41.4 Å². The number of Topliss-reactive ketones (excluding diaryl/α,β-unsaturated/α-hetero) is 1. The third kappa shape index (κ3) is 3.30. The summed E-state index contributed by atoms with van der Waals surface area (Å²) in [4.78, 5) is 24.4. The number of carbonyl (C=O) groups excluding carboxylic acids is 1. The van der Waals surface area contributed by atoms with E-state index in [1.807, 2.05) is 25.7 Å². The molecule has 0 spiro atoms. The SMILES string of the molecule is CC(C)(C)C(=O)CN1CCC(C(=O)O)C1. The van der Waals surface area contributed by atoms with Gasteiger partial charge in [-0.3, -0.25) is 14.5 Å². The van der Waals surface area contributed by atoms with Gasteiger partial charge in [-0.25, -0.2) is 0 Å². The van der Waals surface area contributed by atoms with E-state index >= 15 is 0 Å². The minimum Gasteiger partial charge on any atom is -0.481 e. The average molecular weight is 213 g/mol. The van der Waals surface area contributed by atoms with Gasteiger partial charge in [0.2, 0.25) is 0 Å². The van der Waals surface area contributed by atoms with E-state index in [1.165, 1.54) is 0 Å². The molecule has 0 amide bonds. The molecule has 0 radical (unpaired) electrons. The van der Waals surface area contributed by atoms with E-state index in [1.54, 1.807) is 0 Å². The van der Waals surface area contributed by atoms with E-state index < -0.39 is 5.97 Å². The lowest BCUT2D eigenvalue weighted by molar-refractivity contribution is -0.141. The molecule has 1 aliphatic rings. The third-order valence-corrected chi connectivity index (χ3v) is 2.83. The number of rotatable bonds is 3. The van der Waals surface area contributed by atoms with Gasteiger partial charge in [0.25, 0.3) is 0 Å². The van der Waals surface area contributed by atoms with E-state index in [2.05, 4.69) is 0 Å². The van der Waals surface area contributed by atoms with Crippen LogP contribution in [0, 0.1) is 11.3 Å². The fourth-order valence-electron chi connectivity index (χ4n) is 1.62. The number of nitrogens with zero attached hydrogens (tertiary/aromatic N) is 1. The summed E-state index contributed by atoms with van der Waals surface area (Å²) >= 11 is 0. The molecule has 1 saturated heterocycles. The molecule has 1 atom stereocenters. The van der Waals surface area contributed by atoms with Crippen molar-refractivity contribution >= 4 is 11.8 Å². The maximum atomic E-state index is 11.7. The molecule has 0 bridgehead atoms. The van der Waals surface area contributed by atoms with Crippen LogP contribution in [0.25, 0.3) is 0 Å². The molecule has 1 N–H and O–H groups in total. The molecular formula is C11H19NO3.